The van der Waals surface area contributed by atoms with Crippen LogP contribution in [0.1, 0.15) is 0 Å². The molecule has 0 heterocycles. The van der Waals surface area contributed by atoms with Gasteiger partial charge in [0.05, 0.1) is 10.7 Å². The van der Waals surface area contributed by atoms with Gasteiger partial charge < -0.3 is 5.11 Å². The highest BCUT2D eigenvalue weighted by Crippen LogP contribution is 2.36. The van der Waals surface area contributed by atoms with Crippen LogP contribution in [0.5, 0.6) is 5.75 Å². The summed E-state index contributed by atoms with van der Waals surface area (Å²) in [4.78, 5) is -0.587. The molecule has 1 N–H and O–H groups in total. The van der Waals surface area contributed by atoms with Gasteiger partial charge in [-0.15, -0.1) is 0 Å². The number of hydrogen-bond donors (Lipinski definition) is 1. The fourth-order valence-corrected chi connectivity index (χ4v) is 3.70. The summed E-state index contributed by atoms with van der Waals surface area (Å²) < 4.78 is 52.2. The van der Waals surface area contributed by atoms with E-state index in [0.717, 1.165) is 31.3 Å². The second kappa shape index (κ2) is 5.91. The van der Waals surface area contributed by atoms with Crippen molar-refractivity contribution >= 4 is 38.9 Å². The van der Waals surface area contributed by atoms with E-state index in [1.165, 1.54) is 0 Å². The topological polar surface area (TPSA) is 57.6 Å². The first-order valence-electron chi connectivity index (χ1n) is 5.76. The lowest BCUT2D eigenvalue weighted by Crippen LogP contribution is -2.27. The zero-order valence-corrected chi connectivity index (χ0v) is 13.3. The van der Waals surface area contributed by atoms with E-state index >= 15 is 0 Å². The molecular weight excluding hydrogens is 359 g/mol. The van der Waals surface area contributed by atoms with Crippen LogP contribution in [0.3, 0.4) is 0 Å². The standard InChI is InChI=1S/C13H9Cl2F2NO3S/c1-18(11-3-2-8(16)6-10(11)17)22(20,21)12-5-7(14)4-9(15)13(12)19/h2-6,19H,1H3. The molecule has 0 aliphatic rings. The van der Waals surface area contributed by atoms with Crippen molar-refractivity contribution in [3.63, 3.8) is 0 Å². The van der Waals surface area contributed by atoms with E-state index in [-0.39, 0.29) is 10.0 Å². The lowest BCUT2D eigenvalue weighted by atomic mass is 10.3. The van der Waals surface area contributed by atoms with Gasteiger partial charge in [-0.3, -0.25) is 4.31 Å². The molecule has 2 aromatic carbocycles. The molecule has 0 spiro atoms. The Hall–Kier alpha value is -1.57. The number of rotatable bonds is 3. The fourth-order valence-electron chi connectivity index (χ4n) is 1.75. The average Bonchev–Trinajstić information content (AvgIpc) is 2.42. The highest BCUT2D eigenvalue weighted by Gasteiger charge is 2.28. The molecule has 0 radical (unpaired) electrons. The molecule has 0 amide bonds. The molecule has 0 atom stereocenters. The van der Waals surface area contributed by atoms with Gasteiger partial charge in [0.15, 0.2) is 5.75 Å². The maximum atomic E-state index is 13.7. The molecule has 9 heteroatoms. The van der Waals surface area contributed by atoms with E-state index < -0.39 is 38.0 Å². The fraction of sp³-hybridized carbons (Fsp3) is 0.0769. The highest BCUT2D eigenvalue weighted by molar-refractivity contribution is 7.93. The van der Waals surface area contributed by atoms with Gasteiger partial charge in [0.2, 0.25) is 0 Å². The zero-order valence-electron chi connectivity index (χ0n) is 11.0. The summed E-state index contributed by atoms with van der Waals surface area (Å²) in [5.41, 5.74) is -0.392. The van der Waals surface area contributed by atoms with E-state index in [1.807, 2.05) is 0 Å². The Bertz CT molecular complexity index is 843. The number of phenols is 1. The van der Waals surface area contributed by atoms with Crippen LogP contribution in [0.4, 0.5) is 14.5 Å². The zero-order chi connectivity index (χ0) is 16.7. The van der Waals surface area contributed by atoms with Crippen molar-refractivity contribution in [3.8, 4) is 5.75 Å². The summed E-state index contributed by atoms with van der Waals surface area (Å²) in [6.45, 7) is 0. The van der Waals surface area contributed by atoms with Gasteiger partial charge in [-0.25, -0.2) is 17.2 Å². The quantitative estimate of drug-likeness (QED) is 0.897. The van der Waals surface area contributed by atoms with Crippen LogP contribution in [-0.2, 0) is 10.0 Å². The number of phenolic OH excluding ortho intramolecular Hbond substituents is 1. The van der Waals surface area contributed by atoms with Crippen LogP contribution in [0.15, 0.2) is 35.2 Å². The molecule has 2 aromatic rings. The van der Waals surface area contributed by atoms with Crippen LogP contribution in [0.2, 0.25) is 10.0 Å². The van der Waals surface area contributed by atoms with Crippen LogP contribution in [0, 0.1) is 11.6 Å². The summed E-state index contributed by atoms with van der Waals surface area (Å²) in [5.74, 6) is -2.63. The molecule has 0 bridgehead atoms. The number of anilines is 1. The van der Waals surface area contributed by atoms with E-state index in [9.17, 15) is 22.3 Å². The van der Waals surface area contributed by atoms with Gasteiger partial charge in [0, 0.05) is 18.1 Å². The Morgan fingerprint density at radius 2 is 1.77 bits per heavy atom. The average molecular weight is 368 g/mol. The van der Waals surface area contributed by atoms with Crippen molar-refractivity contribution in [1.29, 1.82) is 0 Å². The van der Waals surface area contributed by atoms with Crippen molar-refractivity contribution in [2.75, 3.05) is 11.4 Å². The minimum atomic E-state index is -4.35. The Morgan fingerprint density at radius 1 is 1.14 bits per heavy atom. The number of nitrogens with zero attached hydrogens (tertiary/aromatic N) is 1. The summed E-state index contributed by atoms with van der Waals surface area (Å²) in [6, 6.07) is 4.57. The Labute approximate surface area is 135 Å². The van der Waals surface area contributed by atoms with Crippen molar-refractivity contribution in [1.82, 2.24) is 0 Å². The maximum Gasteiger partial charge on any atom is 0.267 e. The molecule has 0 aromatic heterocycles. The van der Waals surface area contributed by atoms with E-state index in [1.54, 1.807) is 0 Å². The lowest BCUT2D eigenvalue weighted by Gasteiger charge is -2.21. The first-order valence-corrected chi connectivity index (χ1v) is 7.96. The smallest absolute Gasteiger partial charge is 0.267 e. The summed E-state index contributed by atoms with van der Waals surface area (Å²) in [5, 5.41) is 9.53. The molecule has 118 valence electrons. The van der Waals surface area contributed by atoms with Crippen LogP contribution < -0.4 is 4.31 Å². The molecule has 0 aliphatic carbocycles. The summed E-state index contributed by atoms with van der Waals surface area (Å²) in [7, 11) is -3.30. The van der Waals surface area contributed by atoms with Crippen molar-refractivity contribution in [2.45, 2.75) is 4.90 Å². The third kappa shape index (κ3) is 2.97. The third-order valence-electron chi connectivity index (χ3n) is 2.88. The van der Waals surface area contributed by atoms with Crippen molar-refractivity contribution < 1.29 is 22.3 Å². The molecule has 22 heavy (non-hydrogen) atoms. The van der Waals surface area contributed by atoms with Crippen molar-refractivity contribution in [3.05, 3.63) is 52.0 Å². The highest BCUT2D eigenvalue weighted by atomic mass is 35.5. The molecule has 0 unspecified atom stereocenters. The second-order valence-electron chi connectivity index (χ2n) is 4.30. The largest absolute Gasteiger partial charge is 0.505 e. The molecule has 2 rings (SSSR count). The Kier molecular flexibility index (Phi) is 4.51. The third-order valence-corrected chi connectivity index (χ3v) is 5.17. The number of sulfonamides is 1. The first kappa shape index (κ1) is 16.8. The number of aromatic hydroxyl groups is 1. The number of hydrogen-bond acceptors (Lipinski definition) is 3. The Morgan fingerprint density at radius 3 is 2.36 bits per heavy atom. The maximum absolute atomic E-state index is 13.7. The van der Waals surface area contributed by atoms with Gasteiger partial charge >= 0.3 is 0 Å². The number of benzene rings is 2. The lowest BCUT2D eigenvalue weighted by molar-refractivity contribution is 0.459. The normalized spacial score (nSPS) is 11.5. The minimum absolute atomic E-state index is 0.0191. The van der Waals surface area contributed by atoms with Crippen LogP contribution >= 0.6 is 23.2 Å². The van der Waals surface area contributed by atoms with Gasteiger partial charge in [-0.2, -0.15) is 0 Å². The van der Waals surface area contributed by atoms with Gasteiger partial charge in [0.25, 0.3) is 10.0 Å². The van der Waals surface area contributed by atoms with E-state index in [2.05, 4.69) is 0 Å². The SMILES string of the molecule is CN(c1ccc(F)cc1F)S(=O)(=O)c1cc(Cl)cc(Cl)c1O. The van der Waals surface area contributed by atoms with E-state index in [4.69, 9.17) is 23.2 Å². The van der Waals surface area contributed by atoms with Gasteiger partial charge in [0.1, 0.15) is 16.5 Å². The number of halogens is 4. The molecular formula is C13H9Cl2F2NO3S. The Balaban J connectivity index is 2.60. The minimum Gasteiger partial charge on any atom is -0.505 e. The van der Waals surface area contributed by atoms with E-state index in [0.29, 0.717) is 10.4 Å². The predicted molar refractivity (Wildman–Crippen MR) is 80.1 cm³/mol. The van der Waals surface area contributed by atoms with Crippen molar-refractivity contribution in [2.24, 2.45) is 0 Å². The molecule has 0 aliphatic heterocycles. The monoisotopic (exact) mass is 367 g/mol. The predicted octanol–water partition coefficient (Wildman–Crippen LogP) is 3.80. The van der Waals surface area contributed by atoms with Crippen LogP contribution in [-0.4, -0.2) is 20.6 Å². The molecule has 0 saturated carbocycles. The first-order chi connectivity index (χ1) is 10.1. The molecule has 0 saturated heterocycles. The van der Waals surface area contributed by atoms with Gasteiger partial charge in [-0.1, -0.05) is 23.2 Å². The van der Waals surface area contributed by atoms with Gasteiger partial charge in [-0.05, 0) is 24.3 Å². The molecule has 0 fully saturated rings. The summed E-state index contributed by atoms with van der Waals surface area (Å²) >= 11 is 11.4. The summed E-state index contributed by atoms with van der Waals surface area (Å²) in [6.07, 6.45) is 0. The van der Waals surface area contributed by atoms with Crippen LogP contribution in [0.25, 0.3) is 0 Å². The second-order valence-corrected chi connectivity index (χ2v) is 7.08. The molecule has 4 nitrogen and oxygen atoms in total.